The summed E-state index contributed by atoms with van der Waals surface area (Å²) in [4.78, 5) is 12.8. The number of rotatable bonds is 5. The molecule has 1 saturated heterocycles. The molecule has 2 aliphatic rings. The SMILES string of the molecule is O=C(O)/C(=C/C1CCOCC1)c1ccc(SC2CC2)cc1. The highest BCUT2D eigenvalue weighted by Crippen LogP contribution is 2.39. The summed E-state index contributed by atoms with van der Waals surface area (Å²) in [6.45, 7) is 1.45. The van der Waals surface area contributed by atoms with Crippen LogP contribution in [0.5, 0.6) is 0 Å². The lowest BCUT2D eigenvalue weighted by Crippen LogP contribution is -2.15. The maximum Gasteiger partial charge on any atom is 0.335 e. The van der Waals surface area contributed by atoms with Gasteiger partial charge in [0, 0.05) is 23.4 Å². The molecule has 0 bridgehead atoms. The Balaban J connectivity index is 1.75. The standard InChI is InChI=1S/C17H20O3S/c18-17(19)16(11-12-7-9-20-10-8-12)13-1-3-14(4-2-13)21-15-5-6-15/h1-4,11-12,15H,5-10H2,(H,18,19)/b16-11+. The van der Waals surface area contributed by atoms with E-state index in [1.807, 2.05) is 42.1 Å². The summed E-state index contributed by atoms with van der Waals surface area (Å²) in [6.07, 6.45) is 6.33. The average Bonchev–Trinajstić information content (AvgIpc) is 3.31. The number of carboxylic acids is 1. The molecular weight excluding hydrogens is 284 g/mol. The van der Waals surface area contributed by atoms with Gasteiger partial charge in [0.05, 0.1) is 5.57 Å². The Bertz CT molecular complexity index is 525. The second kappa shape index (κ2) is 6.67. The Morgan fingerprint density at radius 2 is 1.81 bits per heavy atom. The largest absolute Gasteiger partial charge is 0.478 e. The van der Waals surface area contributed by atoms with Crippen molar-refractivity contribution in [3.8, 4) is 0 Å². The predicted molar refractivity (Wildman–Crippen MR) is 84.5 cm³/mol. The Hall–Kier alpha value is -1.26. The van der Waals surface area contributed by atoms with Crippen LogP contribution in [0.15, 0.2) is 35.2 Å². The molecule has 112 valence electrons. The molecular formula is C17H20O3S. The molecule has 4 heteroatoms. The molecule has 0 amide bonds. The van der Waals surface area contributed by atoms with Gasteiger partial charge in [-0.3, -0.25) is 0 Å². The molecule has 2 fully saturated rings. The van der Waals surface area contributed by atoms with Crippen LogP contribution in [0.25, 0.3) is 5.57 Å². The maximum absolute atomic E-state index is 11.5. The Labute approximate surface area is 129 Å². The van der Waals surface area contributed by atoms with Crippen LogP contribution >= 0.6 is 11.8 Å². The number of ether oxygens (including phenoxy) is 1. The van der Waals surface area contributed by atoms with Crippen molar-refractivity contribution in [3.05, 3.63) is 35.9 Å². The topological polar surface area (TPSA) is 46.5 Å². The molecule has 0 spiro atoms. The minimum Gasteiger partial charge on any atom is -0.478 e. The quantitative estimate of drug-likeness (QED) is 0.840. The second-order valence-electron chi connectivity index (χ2n) is 5.68. The van der Waals surface area contributed by atoms with Gasteiger partial charge in [0.2, 0.25) is 0 Å². The molecule has 21 heavy (non-hydrogen) atoms. The molecule has 3 rings (SSSR count). The first-order valence-corrected chi connectivity index (χ1v) is 8.40. The minimum absolute atomic E-state index is 0.311. The van der Waals surface area contributed by atoms with Gasteiger partial charge in [-0.15, -0.1) is 11.8 Å². The molecule has 0 atom stereocenters. The van der Waals surface area contributed by atoms with Crippen LogP contribution < -0.4 is 0 Å². The van der Waals surface area contributed by atoms with Gasteiger partial charge in [-0.2, -0.15) is 0 Å². The number of carboxylic acid groups (broad SMARTS) is 1. The summed E-state index contributed by atoms with van der Waals surface area (Å²) in [5, 5.41) is 10.2. The first-order chi connectivity index (χ1) is 10.2. The molecule has 1 aromatic rings. The van der Waals surface area contributed by atoms with Gasteiger partial charge in [-0.05, 0) is 49.3 Å². The molecule has 0 unspecified atom stereocenters. The Kier molecular flexibility index (Phi) is 4.66. The lowest BCUT2D eigenvalue weighted by Gasteiger charge is -2.19. The molecule has 0 aromatic heterocycles. The van der Waals surface area contributed by atoms with E-state index in [9.17, 15) is 9.90 Å². The van der Waals surface area contributed by atoms with Crippen LogP contribution in [0, 0.1) is 5.92 Å². The van der Waals surface area contributed by atoms with E-state index < -0.39 is 5.97 Å². The molecule has 1 aromatic carbocycles. The summed E-state index contributed by atoms with van der Waals surface area (Å²) < 4.78 is 5.33. The van der Waals surface area contributed by atoms with Crippen LogP contribution in [-0.2, 0) is 9.53 Å². The number of thioether (sulfide) groups is 1. The summed E-state index contributed by atoms with van der Waals surface area (Å²) >= 11 is 1.89. The maximum atomic E-state index is 11.5. The van der Waals surface area contributed by atoms with E-state index in [-0.39, 0.29) is 0 Å². The third-order valence-electron chi connectivity index (χ3n) is 3.89. The van der Waals surface area contributed by atoms with Crippen molar-refractivity contribution in [1.82, 2.24) is 0 Å². The van der Waals surface area contributed by atoms with E-state index in [0.29, 0.717) is 11.5 Å². The van der Waals surface area contributed by atoms with Crippen molar-refractivity contribution < 1.29 is 14.6 Å². The van der Waals surface area contributed by atoms with Gasteiger partial charge >= 0.3 is 5.97 Å². The number of benzene rings is 1. The van der Waals surface area contributed by atoms with Crippen molar-refractivity contribution in [2.75, 3.05) is 13.2 Å². The van der Waals surface area contributed by atoms with Crippen LogP contribution in [0.2, 0.25) is 0 Å². The van der Waals surface area contributed by atoms with Crippen molar-refractivity contribution in [2.45, 2.75) is 35.8 Å². The normalized spacial score (nSPS) is 20.5. The van der Waals surface area contributed by atoms with Crippen LogP contribution in [0.3, 0.4) is 0 Å². The number of carbonyl (C=O) groups is 1. The van der Waals surface area contributed by atoms with E-state index in [1.165, 1.54) is 17.7 Å². The summed E-state index contributed by atoms with van der Waals surface area (Å²) in [5.41, 5.74) is 1.22. The number of allylic oxidation sites excluding steroid dienone is 1. The fraction of sp³-hybridized carbons (Fsp3) is 0.471. The fourth-order valence-corrected chi connectivity index (χ4v) is 3.55. The van der Waals surface area contributed by atoms with Gasteiger partial charge in [0.15, 0.2) is 0 Å². The molecule has 0 radical (unpaired) electrons. The fourth-order valence-electron chi connectivity index (χ4n) is 2.50. The third kappa shape index (κ3) is 4.11. The first-order valence-electron chi connectivity index (χ1n) is 7.52. The highest BCUT2D eigenvalue weighted by molar-refractivity contribution is 8.00. The van der Waals surface area contributed by atoms with Crippen LogP contribution in [0.4, 0.5) is 0 Å². The highest BCUT2D eigenvalue weighted by Gasteiger charge is 2.22. The Morgan fingerprint density at radius 1 is 1.14 bits per heavy atom. The lowest BCUT2D eigenvalue weighted by molar-refractivity contribution is -0.130. The zero-order valence-electron chi connectivity index (χ0n) is 12.0. The average molecular weight is 304 g/mol. The summed E-state index contributed by atoms with van der Waals surface area (Å²) in [7, 11) is 0. The number of hydrogen-bond donors (Lipinski definition) is 1. The van der Waals surface area contributed by atoms with E-state index in [4.69, 9.17) is 4.74 Å². The number of aliphatic carboxylic acids is 1. The van der Waals surface area contributed by atoms with Gasteiger partial charge in [-0.1, -0.05) is 18.2 Å². The Morgan fingerprint density at radius 3 is 2.38 bits per heavy atom. The van der Waals surface area contributed by atoms with Crippen molar-refractivity contribution in [2.24, 2.45) is 5.92 Å². The highest BCUT2D eigenvalue weighted by atomic mass is 32.2. The van der Waals surface area contributed by atoms with E-state index in [0.717, 1.165) is 36.9 Å². The smallest absolute Gasteiger partial charge is 0.335 e. The van der Waals surface area contributed by atoms with E-state index in [1.54, 1.807) is 0 Å². The van der Waals surface area contributed by atoms with Gasteiger partial charge in [0.1, 0.15) is 0 Å². The summed E-state index contributed by atoms with van der Waals surface area (Å²) in [6, 6.07) is 7.95. The third-order valence-corrected chi connectivity index (χ3v) is 5.24. The number of hydrogen-bond acceptors (Lipinski definition) is 3. The molecule has 1 aliphatic heterocycles. The van der Waals surface area contributed by atoms with Gasteiger partial charge < -0.3 is 9.84 Å². The lowest BCUT2D eigenvalue weighted by atomic mass is 9.94. The molecule has 1 aliphatic carbocycles. The van der Waals surface area contributed by atoms with Crippen molar-refractivity contribution in [1.29, 1.82) is 0 Å². The second-order valence-corrected chi connectivity index (χ2v) is 7.05. The van der Waals surface area contributed by atoms with E-state index >= 15 is 0 Å². The van der Waals surface area contributed by atoms with Gasteiger partial charge in [0.25, 0.3) is 0 Å². The zero-order valence-corrected chi connectivity index (χ0v) is 12.8. The zero-order chi connectivity index (χ0) is 14.7. The molecule has 1 saturated carbocycles. The van der Waals surface area contributed by atoms with Gasteiger partial charge in [-0.25, -0.2) is 4.79 Å². The minimum atomic E-state index is -0.843. The van der Waals surface area contributed by atoms with E-state index in [2.05, 4.69) is 0 Å². The molecule has 1 heterocycles. The van der Waals surface area contributed by atoms with Crippen molar-refractivity contribution >= 4 is 23.3 Å². The van der Waals surface area contributed by atoms with Crippen LogP contribution in [0.1, 0.15) is 31.2 Å². The van der Waals surface area contributed by atoms with Crippen LogP contribution in [-0.4, -0.2) is 29.5 Å². The van der Waals surface area contributed by atoms with Crippen molar-refractivity contribution in [3.63, 3.8) is 0 Å². The predicted octanol–water partition coefficient (Wildman–Crippen LogP) is 3.84. The molecule has 1 N–H and O–H groups in total. The monoisotopic (exact) mass is 304 g/mol. The first kappa shape index (κ1) is 14.7. The molecule has 3 nitrogen and oxygen atoms in total. The summed E-state index contributed by atoms with van der Waals surface area (Å²) in [5.74, 6) is -0.533.